The van der Waals surface area contributed by atoms with Crippen molar-refractivity contribution in [3.63, 3.8) is 0 Å². The van der Waals surface area contributed by atoms with E-state index >= 15 is 0 Å². The Hall–Kier alpha value is -3.04. The first-order chi connectivity index (χ1) is 14.6. The molecule has 156 valence electrons. The van der Waals surface area contributed by atoms with Gasteiger partial charge in [0.15, 0.2) is 0 Å². The van der Waals surface area contributed by atoms with Crippen LogP contribution < -0.4 is 5.56 Å². The highest BCUT2D eigenvalue weighted by Gasteiger charge is 2.41. The number of imidazole rings is 1. The second kappa shape index (κ2) is 7.03. The van der Waals surface area contributed by atoms with E-state index in [1.165, 1.54) is 0 Å². The van der Waals surface area contributed by atoms with Crippen LogP contribution in [0.5, 0.6) is 0 Å². The van der Waals surface area contributed by atoms with Gasteiger partial charge in [-0.05, 0) is 44.7 Å². The maximum Gasteiger partial charge on any atom is 0.278 e. The lowest BCUT2D eigenvalue weighted by atomic mass is 10.0. The van der Waals surface area contributed by atoms with Crippen molar-refractivity contribution in [2.24, 2.45) is 0 Å². The maximum absolute atomic E-state index is 13.5. The van der Waals surface area contributed by atoms with Crippen LogP contribution in [-0.4, -0.2) is 42.9 Å². The van der Waals surface area contributed by atoms with Crippen molar-refractivity contribution < 1.29 is 14.4 Å². The molecule has 0 saturated heterocycles. The molecule has 1 aliphatic carbocycles. The molecule has 4 aromatic rings. The van der Waals surface area contributed by atoms with Gasteiger partial charge in [-0.2, -0.15) is 4.98 Å². The van der Waals surface area contributed by atoms with E-state index in [0.29, 0.717) is 17.1 Å². The van der Waals surface area contributed by atoms with Crippen molar-refractivity contribution in [1.29, 1.82) is 0 Å². The normalized spacial score (nSPS) is 17.2. The minimum absolute atomic E-state index is 0.160. The number of hydrogen-bond acceptors (Lipinski definition) is 7. The molecule has 1 aromatic carbocycles. The molecule has 1 saturated carbocycles. The molecule has 0 aliphatic heterocycles. The fourth-order valence-corrected chi connectivity index (χ4v) is 4.47. The number of para-hydroxylation sites is 2. The van der Waals surface area contributed by atoms with E-state index in [4.69, 9.17) is 9.26 Å². The van der Waals surface area contributed by atoms with Crippen molar-refractivity contribution in [2.45, 2.75) is 44.2 Å². The SMILES string of the molecule is COC1(c2nc(-c3ncn4c3c(=O)n(C(C)CO)c3ccccc34)no2)CCCC1. The Morgan fingerprint density at radius 3 is 2.70 bits per heavy atom. The highest BCUT2D eigenvalue weighted by Crippen LogP contribution is 2.41. The van der Waals surface area contributed by atoms with Crippen LogP contribution in [0.15, 0.2) is 39.9 Å². The number of ether oxygens (including phenoxy) is 1. The fraction of sp³-hybridized carbons (Fsp3) is 0.429. The molecular formula is C21H23N5O4. The Bertz CT molecular complexity index is 1280. The third kappa shape index (κ3) is 2.62. The molecule has 30 heavy (non-hydrogen) atoms. The number of methoxy groups -OCH3 is 1. The molecule has 3 heterocycles. The molecule has 0 spiro atoms. The summed E-state index contributed by atoms with van der Waals surface area (Å²) >= 11 is 0. The van der Waals surface area contributed by atoms with Crippen LogP contribution in [0.3, 0.4) is 0 Å². The second-order valence-corrected chi connectivity index (χ2v) is 7.84. The highest BCUT2D eigenvalue weighted by molar-refractivity contribution is 5.83. The highest BCUT2D eigenvalue weighted by atomic mass is 16.5. The van der Waals surface area contributed by atoms with Crippen molar-refractivity contribution in [3.8, 4) is 11.5 Å². The van der Waals surface area contributed by atoms with Crippen LogP contribution in [0, 0.1) is 0 Å². The Balaban J connectivity index is 1.74. The van der Waals surface area contributed by atoms with E-state index in [-0.39, 0.29) is 18.0 Å². The number of hydrogen-bond donors (Lipinski definition) is 1. The maximum atomic E-state index is 13.5. The van der Waals surface area contributed by atoms with Gasteiger partial charge in [-0.3, -0.25) is 13.8 Å². The Labute approximate surface area is 171 Å². The minimum atomic E-state index is -0.570. The summed E-state index contributed by atoms with van der Waals surface area (Å²) in [5, 5.41) is 13.8. The molecule has 1 N–H and O–H groups in total. The third-order valence-electron chi connectivity index (χ3n) is 6.12. The van der Waals surface area contributed by atoms with Gasteiger partial charge in [0.1, 0.15) is 23.1 Å². The Kier molecular flexibility index (Phi) is 4.44. The molecule has 5 rings (SSSR count). The topological polar surface area (TPSA) is 108 Å². The van der Waals surface area contributed by atoms with Gasteiger partial charge in [-0.1, -0.05) is 17.3 Å². The van der Waals surface area contributed by atoms with E-state index in [0.717, 1.165) is 36.7 Å². The van der Waals surface area contributed by atoms with Gasteiger partial charge in [0.2, 0.25) is 5.82 Å². The average Bonchev–Trinajstić information content (AvgIpc) is 3.52. The number of aromatic nitrogens is 5. The number of benzene rings is 1. The number of rotatable bonds is 5. The number of aliphatic hydroxyl groups excluding tert-OH is 1. The van der Waals surface area contributed by atoms with Crippen LogP contribution >= 0.6 is 0 Å². The van der Waals surface area contributed by atoms with Gasteiger partial charge in [0.05, 0.1) is 23.7 Å². The zero-order chi connectivity index (χ0) is 20.9. The summed E-state index contributed by atoms with van der Waals surface area (Å²) in [6.07, 6.45) is 5.31. The van der Waals surface area contributed by atoms with E-state index < -0.39 is 11.6 Å². The fourth-order valence-electron chi connectivity index (χ4n) is 4.47. The van der Waals surface area contributed by atoms with Gasteiger partial charge in [0.25, 0.3) is 11.4 Å². The number of fused-ring (bicyclic) bond motifs is 3. The summed E-state index contributed by atoms with van der Waals surface area (Å²) in [4.78, 5) is 22.5. The molecule has 1 atom stereocenters. The molecule has 0 bridgehead atoms. The van der Waals surface area contributed by atoms with Gasteiger partial charge >= 0.3 is 0 Å². The van der Waals surface area contributed by atoms with Gasteiger partial charge in [0, 0.05) is 7.11 Å². The summed E-state index contributed by atoms with van der Waals surface area (Å²) in [5.41, 5.74) is 1.39. The van der Waals surface area contributed by atoms with E-state index in [9.17, 15) is 9.90 Å². The molecule has 9 heteroatoms. The lowest BCUT2D eigenvalue weighted by molar-refractivity contribution is -0.0342. The van der Waals surface area contributed by atoms with Crippen LogP contribution in [0.1, 0.15) is 44.5 Å². The Morgan fingerprint density at radius 1 is 1.27 bits per heavy atom. The van der Waals surface area contributed by atoms with Gasteiger partial charge in [-0.25, -0.2) is 4.98 Å². The molecule has 0 amide bonds. The largest absolute Gasteiger partial charge is 0.394 e. The zero-order valence-corrected chi connectivity index (χ0v) is 16.9. The van der Waals surface area contributed by atoms with E-state index in [1.54, 1.807) is 29.3 Å². The minimum Gasteiger partial charge on any atom is -0.394 e. The number of aliphatic hydroxyl groups is 1. The Morgan fingerprint density at radius 2 is 2.00 bits per heavy atom. The standard InChI is InChI=1S/C21H23N5O4/c1-13(11-27)26-15-8-4-3-7-14(15)25-12-22-16(17(25)19(26)28)18-23-20(30-24-18)21(29-2)9-5-6-10-21/h3-4,7-8,12-13,27H,5-6,9-11H2,1-2H3. The van der Waals surface area contributed by atoms with Crippen LogP contribution in [0.2, 0.25) is 0 Å². The smallest absolute Gasteiger partial charge is 0.278 e. The van der Waals surface area contributed by atoms with Crippen molar-refractivity contribution in [1.82, 2.24) is 24.1 Å². The predicted octanol–water partition coefficient (Wildman–Crippen LogP) is 2.67. The van der Waals surface area contributed by atoms with Crippen LogP contribution in [0.25, 0.3) is 28.1 Å². The average molecular weight is 409 g/mol. The van der Waals surface area contributed by atoms with Crippen LogP contribution in [0.4, 0.5) is 0 Å². The van der Waals surface area contributed by atoms with Crippen molar-refractivity contribution in [2.75, 3.05) is 13.7 Å². The summed E-state index contributed by atoms with van der Waals surface area (Å²) in [7, 11) is 1.66. The summed E-state index contributed by atoms with van der Waals surface area (Å²) in [6.45, 7) is 1.64. The lowest BCUT2D eigenvalue weighted by Crippen LogP contribution is -2.27. The van der Waals surface area contributed by atoms with E-state index in [1.807, 2.05) is 24.3 Å². The quantitative estimate of drug-likeness (QED) is 0.540. The molecule has 1 fully saturated rings. The predicted molar refractivity (Wildman–Crippen MR) is 109 cm³/mol. The third-order valence-corrected chi connectivity index (χ3v) is 6.12. The monoisotopic (exact) mass is 409 g/mol. The molecule has 1 aliphatic rings. The van der Waals surface area contributed by atoms with Crippen molar-refractivity contribution >= 4 is 16.6 Å². The summed E-state index contributed by atoms with van der Waals surface area (Å²) in [6, 6.07) is 7.13. The van der Waals surface area contributed by atoms with Crippen molar-refractivity contribution in [3.05, 3.63) is 46.8 Å². The van der Waals surface area contributed by atoms with E-state index in [2.05, 4.69) is 15.1 Å². The molecule has 9 nitrogen and oxygen atoms in total. The summed E-state index contributed by atoms with van der Waals surface area (Å²) < 4.78 is 14.6. The zero-order valence-electron chi connectivity index (χ0n) is 16.9. The first kappa shape index (κ1) is 19.0. The molecule has 3 aromatic heterocycles. The van der Waals surface area contributed by atoms with Crippen LogP contribution in [-0.2, 0) is 10.3 Å². The molecular weight excluding hydrogens is 386 g/mol. The molecule has 1 unspecified atom stereocenters. The van der Waals surface area contributed by atoms with Gasteiger partial charge < -0.3 is 14.4 Å². The number of nitrogens with zero attached hydrogens (tertiary/aromatic N) is 5. The first-order valence-electron chi connectivity index (χ1n) is 10.1. The lowest BCUT2D eigenvalue weighted by Gasteiger charge is -2.22. The summed E-state index contributed by atoms with van der Waals surface area (Å²) in [5.74, 6) is 0.676. The molecule has 0 radical (unpaired) electrons. The second-order valence-electron chi connectivity index (χ2n) is 7.84. The van der Waals surface area contributed by atoms with Gasteiger partial charge in [-0.15, -0.1) is 0 Å². The first-order valence-corrected chi connectivity index (χ1v) is 10.1.